The molecular weight excluding hydrogens is 380 g/mol. The first-order chi connectivity index (χ1) is 14.3. The van der Waals surface area contributed by atoms with Crippen molar-refractivity contribution in [3.05, 3.63) is 77.0 Å². The van der Waals surface area contributed by atoms with Crippen molar-refractivity contribution < 1.29 is 19.4 Å². The quantitative estimate of drug-likeness (QED) is 0.348. The van der Waals surface area contributed by atoms with Crippen molar-refractivity contribution in [2.45, 2.75) is 46.6 Å². The van der Waals surface area contributed by atoms with Crippen molar-refractivity contribution >= 4 is 11.5 Å². The molecule has 0 aliphatic carbocycles. The van der Waals surface area contributed by atoms with Gasteiger partial charge in [-0.1, -0.05) is 31.2 Å². The third kappa shape index (κ3) is 6.46. The largest absolute Gasteiger partial charge is 0.512 e. The number of esters is 1. The Labute approximate surface area is 178 Å². The van der Waals surface area contributed by atoms with Crippen LogP contribution in [0.1, 0.15) is 57.1 Å². The summed E-state index contributed by atoms with van der Waals surface area (Å²) in [6.07, 6.45) is 2.47. The van der Waals surface area contributed by atoms with E-state index in [1.807, 2.05) is 56.3 Å². The fourth-order valence-electron chi connectivity index (χ4n) is 2.84. The average molecular weight is 411 g/mol. The number of nitrogens with two attached hydrogens (primary N) is 1. The van der Waals surface area contributed by atoms with E-state index in [0.29, 0.717) is 35.8 Å². The molecule has 0 fully saturated rings. The van der Waals surface area contributed by atoms with Crippen LogP contribution >= 0.6 is 0 Å². The zero-order valence-electron chi connectivity index (χ0n) is 18.0. The number of ether oxygens (including phenoxy) is 2. The van der Waals surface area contributed by atoms with Crippen LogP contribution < -0.4 is 10.5 Å². The van der Waals surface area contributed by atoms with Crippen LogP contribution in [-0.4, -0.2) is 22.7 Å². The molecule has 0 saturated heterocycles. The van der Waals surface area contributed by atoms with E-state index >= 15 is 0 Å². The van der Waals surface area contributed by atoms with E-state index in [9.17, 15) is 9.90 Å². The summed E-state index contributed by atoms with van der Waals surface area (Å²) in [5.74, 6) is 1.02. The Morgan fingerprint density at radius 3 is 2.57 bits per heavy atom. The average Bonchev–Trinajstić information content (AvgIpc) is 2.72. The van der Waals surface area contributed by atoms with Crippen LogP contribution in [0.5, 0.6) is 5.75 Å². The molecule has 6 heteroatoms. The van der Waals surface area contributed by atoms with Gasteiger partial charge >= 0.3 is 5.97 Å². The summed E-state index contributed by atoms with van der Waals surface area (Å²) >= 11 is 0. The molecule has 0 amide bonds. The Morgan fingerprint density at radius 1 is 1.20 bits per heavy atom. The molecule has 1 unspecified atom stereocenters. The van der Waals surface area contributed by atoms with Gasteiger partial charge in [0.2, 0.25) is 0 Å². The lowest BCUT2D eigenvalue weighted by Crippen LogP contribution is -2.09. The fourth-order valence-corrected chi connectivity index (χ4v) is 2.84. The number of aromatic nitrogens is 1. The van der Waals surface area contributed by atoms with E-state index in [0.717, 1.165) is 11.3 Å². The lowest BCUT2D eigenvalue weighted by molar-refractivity contribution is -0.142. The minimum atomic E-state index is -0.306. The van der Waals surface area contributed by atoms with Crippen molar-refractivity contribution in [3.63, 3.8) is 0 Å². The van der Waals surface area contributed by atoms with Gasteiger partial charge in [0.1, 0.15) is 11.5 Å². The third-order valence-electron chi connectivity index (χ3n) is 4.41. The molecule has 0 saturated carbocycles. The standard InChI is InChI=1S/C24H30N2O4/c1-5-19(30-23-13-8-7-10-18(23)14-24(28)29-6-2)15-20(17(4)27)22-12-9-11-21(26-22)16(3)25/h7-13,15-16,27H,5-6,14,25H2,1-4H3/b19-15+,20-17-. The van der Waals surface area contributed by atoms with Gasteiger partial charge in [0, 0.05) is 23.6 Å². The highest BCUT2D eigenvalue weighted by atomic mass is 16.5. The van der Waals surface area contributed by atoms with E-state index in [1.54, 1.807) is 19.9 Å². The molecule has 0 spiro atoms. The SMILES string of the molecule is CCOC(=O)Cc1ccccc1O/C(=C/C(=C(\C)O)c1cccc(C(C)N)n1)CC. The predicted octanol–water partition coefficient (Wildman–Crippen LogP) is 4.87. The maximum atomic E-state index is 11.9. The molecule has 1 aromatic carbocycles. The number of hydrogen-bond acceptors (Lipinski definition) is 6. The number of carbonyl (C=O) groups excluding carboxylic acids is 1. The zero-order valence-corrected chi connectivity index (χ0v) is 18.0. The van der Waals surface area contributed by atoms with E-state index in [4.69, 9.17) is 15.2 Å². The van der Waals surface area contributed by atoms with E-state index in [2.05, 4.69) is 4.98 Å². The summed E-state index contributed by atoms with van der Waals surface area (Å²) in [5, 5.41) is 10.3. The van der Waals surface area contributed by atoms with Crippen molar-refractivity contribution in [2.75, 3.05) is 6.61 Å². The number of aliphatic hydroxyl groups excluding tert-OH is 1. The first-order valence-corrected chi connectivity index (χ1v) is 10.1. The number of carbonyl (C=O) groups is 1. The first-order valence-electron chi connectivity index (χ1n) is 10.1. The molecule has 1 atom stereocenters. The van der Waals surface area contributed by atoms with Gasteiger partial charge in [0.15, 0.2) is 0 Å². The topological polar surface area (TPSA) is 94.7 Å². The van der Waals surface area contributed by atoms with E-state index in [1.165, 1.54) is 0 Å². The highest BCUT2D eigenvalue weighted by Gasteiger charge is 2.13. The summed E-state index contributed by atoms with van der Waals surface area (Å²) in [6, 6.07) is 12.7. The van der Waals surface area contributed by atoms with E-state index < -0.39 is 0 Å². The second-order valence-corrected chi connectivity index (χ2v) is 6.89. The molecule has 160 valence electrons. The second kappa shape index (κ2) is 11.2. The zero-order chi connectivity index (χ0) is 22.1. The van der Waals surface area contributed by atoms with Gasteiger partial charge in [-0.15, -0.1) is 0 Å². The highest BCUT2D eigenvalue weighted by Crippen LogP contribution is 2.26. The Kier molecular flexibility index (Phi) is 8.62. The molecule has 2 rings (SSSR count). The lowest BCUT2D eigenvalue weighted by Gasteiger charge is -2.14. The minimum Gasteiger partial charge on any atom is -0.512 e. The van der Waals surface area contributed by atoms with Gasteiger partial charge in [-0.25, -0.2) is 0 Å². The smallest absolute Gasteiger partial charge is 0.310 e. The number of benzene rings is 1. The summed E-state index contributed by atoms with van der Waals surface area (Å²) in [5.41, 5.74) is 8.58. The van der Waals surface area contributed by atoms with Crippen LogP contribution in [0.2, 0.25) is 0 Å². The fraction of sp³-hybridized carbons (Fsp3) is 0.333. The summed E-state index contributed by atoms with van der Waals surface area (Å²) < 4.78 is 11.2. The Balaban J connectivity index is 2.36. The second-order valence-electron chi connectivity index (χ2n) is 6.89. The first kappa shape index (κ1) is 23.2. The van der Waals surface area contributed by atoms with Crippen molar-refractivity contribution in [2.24, 2.45) is 5.73 Å². The van der Waals surface area contributed by atoms with Gasteiger partial charge in [0.25, 0.3) is 0 Å². The van der Waals surface area contributed by atoms with Crippen LogP contribution in [0.25, 0.3) is 5.57 Å². The molecule has 6 nitrogen and oxygen atoms in total. The maximum absolute atomic E-state index is 11.9. The Morgan fingerprint density at radius 2 is 1.93 bits per heavy atom. The Hall–Kier alpha value is -3.12. The van der Waals surface area contributed by atoms with Gasteiger partial charge in [-0.2, -0.15) is 0 Å². The monoisotopic (exact) mass is 410 g/mol. The highest BCUT2D eigenvalue weighted by molar-refractivity contribution is 5.74. The number of para-hydroxylation sites is 1. The molecule has 30 heavy (non-hydrogen) atoms. The molecule has 1 aromatic heterocycles. The Bertz CT molecular complexity index is 928. The number of allylic oxidation sites excluding steroid dienone is 4. The third-order valence-corrected chi connectivity index (χ3v) is 4.41. The van der Waals surface area contributed by atoms with Crippen LogP contribution in [0.3, 0.4) is 0 Å². The number of nitrogens with zero attached hydrogens (tertiary/aromatic N) is 1. The van der Waals surface area contributed by atoms with Crippen LogP contribution in [0.15, 0.2) is 60.1 Å². The lowest BCUT2D eigenvalue weighted by atomic mass is 10.1. The molecule has 3 N–H and O–H groups in total. The number of hydrogen-bond donors (Lipinski definition) is 2. The molecule has 1 heterocycles. The maximum Gasteiger partial charge on any atom is 0.310 e. The minimum absolute atomic E-state index is 0.124. The number of rotatable bonds is 9. The summed E-state index contributed by atoms with van der Waals surface area (Å²) in [6.45, 7) is 7.53. The van der Waals surface area contributed by atoms with Crippen molar-refractivity contribution in [1.29, 1.82) is 0 Å². The summed E-state index contributed by atoms with van der Waals surface area (Å²) in [4.78, 5) is 16.5. The van der Waals surface area contributed by atoms with Crippen molar-refractivity contribution in [1.82, 2.24) is 4.98 Å². The number of pyridine rings is 1. The van der Waals surface area contributed by atoms with E-state index in [-0.39, 0.29) is 24.2 Å². The summed E-state index contributed by atoms with van der Waals surface area (Å²) in [7, 11) is 0. The predicted molar refractivity (Wildman–Crippen MR) is 118 cm³/mol. The van der Waals surface area contributed by atoms with Gasteiger partial charge < -0.3 is 20.3 Å². The molecule has 0 radical (unpaired) electrons. The molecule has 0 aliphatic rings. The molecule has 2 aromatic rings. The molecular formula is C24H30N2O4. The van der Waals surface area contributed by atoms with Gasteiger partial charge in [0.05, 0.1) is 30.2 Å². The molecule has 0 aliphatic heterocycles. The number of aliphatic hydroxyl groups is 1. The normalized spacial score (nSPS) is 13.4. The van der Waals surface area contributed by atoms with Gasteiger partial charge in [-0.05, 0) is 45.0 Å². The van der Waals surface area contributed by atoms with Crippen LogP contribution in [-0.2, 0) is 16.0 Å². The van der Waals surface area contributed by atoms with Crippen molar-refractivity contribution in [3.8, 4) is 5.75 Å². The van der Waals surface area contributed by atoms with Crippen LogP contribution in [0.4, 0.5) is 0 Å². The molecule has 0 bridgehead atoms. The van der Waals surface area contributed by atoms with Gasteiger partial charge in [-0.3, -0.25) is 9.78 Å². The van der Waals surface area contributed by atoms with Crippen LogP contribution in [0, 0.1) is 0 Å².